The molecule has 202 valence electrons. The van der Waals surface area contributed by atoms with Crippen LogP contribution in [0.25, 0.3) is 16.7 Å². The first-order chi connectivity index (χ1) is 18.5. The van der Waals surface area contributed by atoms with Gasteiger partial charge in [0.05, 0.1) is 6.61 Å². The predicted molar refractivity (Wildman–Crippen MR) is 167 cm³/mol. The number of allylic oxidation sites excluding steroid dienone is 5. The van der Waals surface area contributed by atoms with Gasteiger partial charge in [0.2, 0.25) is 0 Å². The van der Waals surface area contributed by atoms with Crippen LogP contribution in [0.5, 0.6) is 0 Å². The Kier molecular flexibility index (Phi) is 7.10. The van der Waals surface area contributed by atoms with Crippen LogP contribution >= 0.6 is 0 Å². The molecule has 0 aliphatic heterocycles. The van der Waals surface area contributed by atoms with E-state index in [1.54, 1.807) is 0 Å². The first kappa shape index (κ1) is 27.1. The first-order valence-electron chi connectivity index (χ1n) is 14.3. The fourth-order valence-corrected chi connectivity index (χ4v) is 7.08. The number of hydrogen-bond donors (Lipinski definition) is 0. The van der Waals surface area contributed by atoms with Crippen molar-refractivity contribution >= 4 is 16.7 Å². The number of nitrogens with zero attached hydrogens (tertiary/aromatic N) is 1. The molecule has 0 saturated heterocycles. The Morgan fingerprint density at radius 1 is 0.641 bits per heavy atom. The van der Waals surface area contributed by atoms with Crippen molar-refractivity contribution in [2.75, 3.05) is 20.7 Å². The fourth-order valence-electron chi connectivity index (χ4n) is 7.08. The van der Waals surface area contributed by atoms with E-state index in [9.17, 15) is 0 Å². The molecule has 0 saturated carbocycles. The second kappa shape index (κ2) is 10.2. The van der Waals surface area contributed by atoms with E-state index in [1.807, 2.05) is 0 Å². The molecule has 0 fully saturated rings. The normalized spacial score (nSPS) is 18.8. The standard InChI is InChI=1S/C37H43NO/c1-10-39-35-20-33(30-16-25(4)12-26(5)17-30)37(36(35)31-18-27(6)13-28(7)19-31)21-32(34(22-37)38(8)9)29-14-23(2)11-24(3)15-29/h11-20H,10,21-22H2,1-9H3/t37-/m0/s1. The largest absolute Gasteiger partial charge is 0.494 e. The van der Waals surface area contributed by atoms with E-state index < -0.39 is 0 Å². The molecule has 2 nitrogen and oxygen atoms in total. The number of hydrogen-bond acceptors (Lipinski definition) is 2. The summed E-state index contributed by atoms with van der Waals surface area (Å²) in [6, 6.07) is 21.0. The van der Waals surface area contributed by atoms with Gasteiger partial charge in [-0.25, -0.2) is 0 Å². The van der Waals surface area contributed by atoms with Crippen LogP contribution in [0.3, 0.4) is 0 Å². The van der Waals surface area contributed by atoms with Gasteiger partial charge in [0.15, 0.2) is 0 Å². The van der Waals surface area contributed by atoms with Crippen molar-refractivity contribution in [1.82, 2.24) is 4.90 Å². The molecule has 1 spiro atoms. The lowest BCUT2D eigenvalue weighted by atomic mass is 9.68. The zero-order valence-electron chi connectivity index (χ0n) is 25.3. The number of aryl methyl sites for hydroxylation is 6. The maximum absolute atomic E-state index is 6.49. The van der Waals surface area contributed by atoms with Crippen molar-refractivity contribution in [1.29, 1.82) is 0 Å². The van der Waals surface area contributed by atoms with Crippen LogP contribution in [-0.4, -0.2) is 25.6 Å². The first-order valence-corrected chi connectivity index (χ1v) is 14.3. The molecular weight excluding hydrogens is 474 g/mol. The van der Waals surface area contributed by atoms with Gasteiger partial charge in [-0.1, -0.05) is 88.0 Å². The lowest BCUT2D eigenvalue weighted by Crippen LogP contribution is -2.22. The summed E-state index contributed by atoms with van der Waals surface area (Å²) in [5.41, 5.74) is 17.1. The maximum Gasteiger partial charge on any atom is 0.124 e. The van der Waals surface area contributed by atoms with Crippen LogP contribution < -0.4 is 0 Å². The topological polar surface area (TPSA) is 12.5 Å². The van der Waals surface area contributed by atoms with Gasteiger partial charge in [-0.2, -0.15) is 0 Å². The van der Waals surface area contributed by atoms with Gasteiger partial charge in [-0.3, -0.25) is 0 Å². The summed E-state index contributed by atoms with van der Waals surface area (Å²) in [6.45, 7) is 16.0. The second-order valence-electron chi connectivity index (χ2n) is 12.1. The summed E-state index contributed by atoms with van der Waals surface area (Å²) in [6.07, 6.45) is 4.25. The van der Waals surface area contributed by atoms with Crippen molar-refractivity contribution in [2.45, 2.75) is 61.3 Å². The van der Waals surface area contributed by atoms with Gasteiger partial charge >= 0.3 is 0 Å². The molecular formula is C37H43NO. The van der Waals surface area contributed by atoms with E-state index in [0.717, 1.165) is 18.6 Å². The lowest BCUT2D eigenvalue weighted by Gasteiger charge is -2.34. The van der Waals surface area contributed by atoms with Crippen molar-refractivity contribution < 1.29 is 4.74 Å². The molecule has 3 aromatic carbocycles. The Bertz CT molecular complexity index is 1490. The monoisotopic (exact) mass is 517 g/mol. The molecule has 0 aromatic heterocycles. The molecule has 0 radical (unpaired) electrons. The Labute approximate surface area is 235 Å². The van der Waals surface area contributed by atoms with E-state index in [0.29, 0.717) is 6.61 Å². The highest BCUT2D eigenvalue weighted by molar-refractivity contribution is 5.98. The Morgan fingerprint density at radius 3 is 1.56 bits per heavy atom. The summed E-state index contributed by atoms with van der Waals surface area (Å²) in [5.74, 6) is 1.02. The average molecular weight is 518 g/mol. The summed E-state index contributed by atoms with van der Waals surface area (Å²) in [7, 11) is 4.41. The third kappa shape index (κ3) is 4.98. The summed E-state index contributed by atoms with van der Waals surface area (Å²) in [4.78, 5) is 2.35. The van der Waals surface area contributed by atoms with Crippen LogP contribution in [0.15, 0.2) is 72.1 Å². The smallest absolute Gasteiger partial charge is 0.124 e. The van der Waals surface area contributed by atoms with Crippen LogP contribution in [0, 0.1) is 47.0 Å². The zero-order chi connectivity index (χ0) is 28.1. The SMILES string of the molecule is CCOC1=C(c2cc(C)cc(C)c2)[C@]2(CC(c3cc(C)cc(C)c3)=C(N(C)C)C2)C(c2cc(C)cc(C)c2)=C1. The zero-order valence-corrected chi connectivity index (χ0v) is 25.3. The average Bonchev–Trinajstić information content (AvgIpc) is 3.36. The highest BCUT2D eigenvalue weighted by Gasteiger charge is 2.50. The van der Waals surface area contributed by atoms with E-state index >= 15 is 0 Å². The molecule has 3 aromatic rings. The van der Waals surface area contributed by atoms with Crippen LogP contribution in [-0.2, 0) is 4.74 Å². The molecule has 2 aliphatic rings. The number of benzene rings is 3. The maximum atomic E-state index is 6.49. The molecule has 2 heteroatoms. The van der Waals surface area contributed by atoms with E-state index in [4.69, 9.17) is 4.74 Å². The van der Waals surface area contributed by atoms with Gasteiger partial charge in [-0.05, 0) is 88.8 Å². The van der Waals surface area contributed by atoms with Gasteiger partial charge in [0.1, 0.15) is 5.76 Å². The third-order valence-electron chi connectivity index (χ3n) is 8.26. The summed E-state index contributed by atoms with van der Waals surface area (Å²) < 4.78 is 6.49. The fraction of sp³-hybridized carbons (Fsp3) is 0.351. The highest BCUT2D eigenvalue weighted by Crippen LogP contribution is 2.64. The second-order valence-corrected chi connectivity index (χ2v) is 12.1. The molecule has 0 heterocycles. The van der Waals surface area contributed by atoms with Crippen molar-refractivity contribution in [3.8, 4) is 0 Å². The molecule has 0 unspecified atom stereocenters. The van der Waals surface area contributed by atoms with E-state index in [-0.39, 0.29) is 5.41 Å². The van der Waals surface area contributed by atoms with Gasteiger partial charge in [0, 0.05) is 37.2 Å². The lowest BCUT2D eigenvalue weighted by molar-refractivity contribution is 0.243. The van der Waals surface area contributed by atoms with E-state index in [2.05, 4.69) is 128 Å². The summed E-state index contributed by atoms with van der Waals surface area (Å²) >= 11 is 0. The minimum Gasteiger partial charge on any atom is -0.494 e. The van der Waals surface area contributed by atoms with Gasteiger partial charge in [0.25, 0.3) is 0 Å². The van der Waals surface area contributed by atoms with Crippen molar-refractivity contribution in [3.63, 3.8) is 0 Å². The molecule has 5 rings (SSSR count). The summed E-state index contributed by atoms with van der Waals surface area (Å²) in [5, 5.41) is 0. The van der Waals surface area contributed by atoms with Crippen molar-refractivity contribution in [3.05, 3.63) is 122 Å². The van der Waals surface area contributed by atoms with Gasteiger partial charge < -0.3 is 9.64 Å². The Morgan fingerprint density at radius 2 is 1.10 bits per heavy atom. The number of ether oxygens (including phenoxy) is 1. The predicted octanol–water partition coefficient (Wildman–Crippen LogP) is 9.14. The van der Waals surface area contributed by atoms with E-state index in [1.165, 1.54) is 72.5 Å². The third-order valence-corrected chi connectivity index (χ3v) is 8.26. The minimum atomic E-state index is -0.211. The van der Waals surface area contributed by atoms with Crippen LogP contribution in [0.2, 0.25) is 0 Å². The molecule has 2 aliphatic carbocycles. The Hall–Kier alpha value is -3.52. The minimum absolute atomic E-state index is 0.211. The molecule has 39 heavy (non-hydrogen) atoms. The molecule has 0 bridgehead atoms. The molecule has 0 amide bonds. The highest BCUT2D eigenvalue weighted by atomic mass is 16.5. The quantitative estimate of drug-likeness (QED) is 0.323. The van der Waals surface area contributed by atoms with Crippen LogP contribution in [0.4, 0.5) is 0 Å². The van der Waals surface area contributed by atoms with Crippen molar-refractivity contribution in [2.24, 2.45) is 5.41 Å². The Balaban J connectivity index is 1.79. The number of rotatable bonds is 6. The van der Waals surface area contributed by atoms with Gasteiger partial charge in [-0.15, -0.1) is 0 Å². The molecule has 0 N–H and O–H groups in total. The molecule has 1 atom stereocenters. The van der Waals surface area contributed by atoms with Crippen LogP contribution in [0.1, 0.15) is 69.8 Å².